The Morgan fingerprint density at radius 2 is 1.16 bits per heavy atom. The van der Waals surface area contributed by atoms with Gasteiger partial charge in [0.15, 0.2) is 0 Å². The minimum absolute atomic E-state index is 0. The van der Waals surface area contributed by atoms with Gasteiger partial charge in [-0.05, 0) is 56.0 Å². The third kappa shape index (κ3) is 6.38. The minimum Gasteiger partial charge on any atom is -0.657 e. The summed E-state index contributed by atoms with van der Waals surface area (Å²) < 4.78 is 0. The summed E-state index contributed by atoms with van der Waals surface area (Å²) in [4.78, 5) is 42.6. The van der Waals surface area contributed by atoms with Crippen molar-refractivity contribution >= 4 is 48.6 Å². The van der Waals surface area contributed by atoms with Crippen molar-refractivity contribution < 1.29 is 47.1 Å². The summed E-state index contributed by atoms with van der Waals surface area (Å²) in [7, 11) is 0. The van der Waals surface area contributed by atoms with Gasteiger partial charge >= 0.3 is 29.0 Å². The average molecular weight is 651 g/mol. The van der Waals surface area contributed by atoms with Crippen molar-refractivity contribution in [3.63, 3.8) is 0 Å². The average Bonchev–Trinajstić information content (AvgIpc) is 3.67. The van der Waals surface area contributed by atoms with Crippen LogP contribution in [0.15, 0.2) is 0 Å². The van der Waals surface area contributed by atoms with Crippen LogP contribution < -0.4 is 51.8 Å². The van der Waals surface area contributed by atoms with Crippen LogP contribution in [0.1, 0.15) is 82.8 Å². The number of aliphatic hydroxyl groups excluding tert-OH is 2. The van der Waals surface area contributed by atoms with Gasteiger partial charge in [0.2, 0.25) is 0 Å². The molecule has 0 radical (unpaired) electrons. The summed E-state index contributed by atoms with van der Waals surface area (Å²) in [5, 5.41) is 43.0. The van der Waals surface area contributed by atoms with E-state index in [4.69, 9.17) is 19.9 Å². The number of hydrogen-bond acceptors (Lipinski definition) is 4. The fourth-order valence-corrected chi connectivity index (χ4v) is 5.97. The van der Waals surface area contributed by atoms with Gasteiger partial charge in [-0.3, -0.25) is 9.59 Å². The van der Waals surface area contributed by atoms with E-state index in [-0.39, 0.29) is 49.4 Å². The summed E-state index contributed by atoms with van der Waals surface area (Å²) in [5.74, 6) is -1.93. The molecule has 1 aliphatic rings. The predicted octanol–water partition coefficient (Wildman–Crippen LogP) is -1.06. The third-order valence-electron chi connectivity index (χ3n) is 8.28. The first-order valence-corrected chi connectivity index (χ1v) is 14.5. The van der Waals surface area contributed by atoms with Crippen LogP contribution >= 0.6 is 0 Å². The zero-order valence-corrected chi connectivity index (χ0v) is 26.6. The fourth-order valence-electron chi connectivity index (χ4n) is 5.97. The number of nitrogens with zero attached hydrogens (tertiary/aromatic N) is 4. The Hall–Kier alpha value is -4.44. The van der Waals surface area contributed by atoms with Crippen LogP contribution in [-0.4, -0.2) is 32.4 Å². The molecular formula is C34H34FeN4O6. The summed E-state index contributed by atoms with van der Waals surface area (Å²) in [6.07, 6.45) is 10.9. The number of carboxylic acid groups (broad SMARTS) is 2. The molecule has 4 aromatic rings. The second-order valence-corrected chi connectivity index (χ2v) is 10.8. The molecule has 0 spiro atoms. The Morgan fingerprint density at radius 3 is 1.67 bits per heavy atom. The van der Waals surface area contributed by atoms with E-state index in [1.54, 1.807) is 12.2 Å². The molecule has 11 heteroatoms. The number of fused-ring (bicyclic) bond motifs is 8. The van der Waals surface area contributed by atoms with Crippen LogP contribution in [0, 0.1) is 13.8 Å². The van der Waals surface area contributed by atoms with Gasteiger partial charge in [0.1, 0.15) is 0 Å². The second-order valence-electron chi connectivity index (χ2n) is 10.8. The predicted molar refractivity (Wildman–Crippen MR) is 165 cm³/mol. The smallest absolute Gasteiger partial charge is 0.657 e. The van der Waals surface area contributed by atoms with Gasteiger partial charge in [-0.2, -0.15) is 0 Å². The van der Waals surface area contributed by atoms with Crippen LogP contribution in [0.3, 0.4) is 0 Å². The van der Waals surface area contributed by atoms with Crippen LogP contribution in [-0.2, 0) is 52.5 Å². The maximum atomic E-state index is 11.6. The van der Waals surface area contributed by atoms with Crippen molar-refractivity contribution in [1.29, 1.82) is 0 Å². The van der Waals surface area contributed by atoms with Crippen molar-refractivity contribution in [2.24, 2.45) is 0 Å². The SMILES string of the molecule is C/C=c1c2/[n-]c(/c/1=C\O)=C\c1[n-]c(c(CCC(=O)O)c1C)/C=c1\[n-]/c(c(CO)c1CCC(=O)O)=C\c1[n-]c(c(C)c1CC)\C=2.[Fe+4]. The van der Waals surface area contributed by atoms with Gasteiger partial charge in [-0.25, -0.2) is 0 Å². The van der Waals surface area contributed by atoms with Gasteiger partial charge in [-0.15, -0.1) is 44.2 Å². The monoisotopic (exact) mass is 650 g/mol. The van der Waals surface area contributed by atoms with E-state index in [2.05, 4.69) is 0 Å². The number of aliphatic carboxylic acids is 2. The molecule has 8 bridgehead atoms. The van der Waals surface area contributed by atoms with E-state index >= 15 is 0 Å². The summed E-state index contributed by atoms with van der Waals surface area (Å²) in [6.45, 7) is 7.41. The Balaban J connectivity index is 0.00000461. The Morgan fingerprint density at radius 1 is 0.689 bits per heavy atom. The van der Waals surface area contributed by atoms with Gasteiger partial charge in [0, 0.05) is 12.8 Å². The Labute approximate surface area is 269 Å². The first kappa shape index (κ1) is 33.5. The fraction of sp³-hybridized carbons (Fsp3) is 0.294. The molecule has 234 valence electrons. The van der Waals surface area contributed by atoms with E-state index in [9.17, 15) is 30.0 Å². The standard InChI is InChI=1S/C34H34N4O6.Fe/c1-5-19-17(3)25-11-28-20(6-2)23(15-39)31(37-28)12-26-18(4)21(7-9-33(41)42)29(36-26)14-30-22(8-10-34(43)44)24(16-40)32(38-30)13-27(19)35-25;/h6,11-15,39-40H,5,7-10,16H2,1-4H3,(H,41,42)(H,43,44);/q-4;+4/b20-6+,23-15-,28-11-,30-14-,31-12-,32-13-;. The van der Waals surface area contributed by atoms with Crippen molar-refractivity contribution in [3.05, 3.63) is 88.0 Å². The van der Waals surface area contributed by atoms with E-state index in [1.165, 1.54) is 0 Å². The Kier molecular flexibility index (Phi) is 10.2. The van der Waals surface area contributed by atoms with Gasteiger partial charge in [0.25, 0.3) is 0 Å². The molecule has 4 N–H and O–H groups in total. The number of carboxylic acids is 2. The Bertz CT molecular complexity index is 2160. The zero-order valence-electron chi connectivity index (χ0n) is 25.5. The molecule has 10 nitrogen and oxygen atoms in total. The molecule has 0 saturated heterocycles. The molecule has 1 aliphatic heterocycles. The number of aromatic nitrogens is 4. The molecule has 0 unspecified atom stereocenters. The van der Waals surface area contributed by atoms with Crippen molar-refractivity contribution in [2.75, 3.05) is 0 Å². The molecule has 0 saturated carbocycles. The van der Waals surface area contributed by atoms with Crippen molar-refractivity contribution in [2.45, 2.75) is 66.4 Å². The van der Waals surface area contributed by atoms with E-state index in [0.717, 1.165) is 28.2 Å². The van der Waals surface area contributed by atoms with Gasteiger partial charge < -0.3 is 40.4 Å². The second kappa shape index (κ2) is 13.7. The largest absolute Gasteiger partial charge is 4.00 e. The third-order valence-corrected chi connectivity index (χ3v) is 8.28. The number of aliphatic hydroxyl groups is 2. The minimum atomic E-state index is -0.977. The first-order valence-electron chi connectivity index (χ1n) is 14.5. The van der Waals surface area contributed by atoms with Crippen LogP contribution in [0.25, 0.3) is 36.6 Å². The molecule has 0 aliphatic carbocycles. The normalized spacial score (nSPS) is 16.0. The molecule has 0 aromatic carbocycles. The maximum Gasteiger partial charge on any atom is 4.00 e. The first-order chi connectivity index (χ1) is 21.1. The maximum absolute atomic E-state index is 11.6. The summed E-state index contributed by atoms with van der Waals surface area (Å²) in [6, 6.07) is 0. The molecular weight excluding hydrogens is 616 g/mol. The molecule has 0 fully saturated rings. The summed E-state index contributed by atoms with van der Waals surface area (Å²) in [5.41, 5.74) is 7.04. The molecule has 5 rings (SSSR count). The zero-order chi connectivity index (χ0) is 31.7. The molecule has 5 heterocycles. The molecule has 4 aromatic heterocycles. The van der Waals surface area contributed by atoms with Crippen molar-refractivity contribution in [3.8, 4) is 0 Å². The van der Waals surface area contributed by atoms with Crippen LogP contribution in [0.2, 0.25) is 0 Å². The van der Waals surface area contributed by atoms with E-state index in [0.29, 0.717) is 72.5 Å². The molecule has 0 amide bonds. The molecule has 45 heavy (non-hydrogen) atoms. The van der Waals surface area contributed by atoms with E-state index < -0.39 is 11.9 Å². The topological polar surface area (TPSA) is 171 Å². The van der Waals surface area contributed by atoms with Crippen LogP contribution in [0.5, 0.6) is 0 Å². The molecule has 0 atom stereocenters. The number of rotatable bonds is 8. The van der Waals surface area contributed by atoms with Gasteiger partial charge in [-0.1, -0.05) is 65.1 Å². The quantitative estimate of drug-likeness (QED) is 0.152. The summed E-state index contributed by atoms with van der Waals surface area (Å²) >= 11 is 0. The van der Waals surface area contributed by atoms with Gasteiger partial charge in [0.05, 0.1) is 12.9 Å². The number of carbonyl (C=O) groups is 2. The van der Waals surface area contributed by atoms with Crippen molar-refractivity contribution in [1.82, 2.24) is 19.9 Å². The van der Waals surface area contributed by atoms with E-state index in [1.807, 2.05) is 45.9 Å². The number of hydrogen-bond donors (Lipinski definition) is 4. The van der Waals surface area contributed by atoms with Crippen LogP contribution in [0.4, 0.5) is 0 Å².